The van der Waals surface area contributed by atoms with Gasteiger partial charge in [-0.05, 0) is 69.2 Å². The molecule has 0 bridgehead atoms. The first-order valence-electron chi connectivity index (χ1n) is 9.30. The minimum atomic E-state index is -0.208. The summed E-state index contributed by atoms with van der Waals surface area (Å²) in [6.07, 6.45) is 3.50. The number of carbonyl (C=O) groups is 1. The predicted molar refractivity (Wildman–Crippen MR) is 96.5 cm³/mol. The number of benzene rings is 1. The fourth-order valence-corrected chi connectivity index (χ4v) is 4.29. The highest BCUT2D eigenvalue weighted by Crippen LogP contribution is 2.36. The lowest BCUT2D eigenvalue weighted by Crippen LogP contribution is -2.52. The maximum Gasteiger partial charge on any atom is 0.287 e. The molecule has 2 aromatic rings. The van der Waals surface area contributed by atoms with E-state index in [0.717, 1.165) is 55.3 Å². The Balaban J connectivity index is 1.53. The Labute approximate surface area is 147 Å². The molecule has 0 radical (unpaired) electrons. The summed E-state index contributed by atoms with van der Waals surface area (Å²) in [5.41, 5.74) is 1.82. The molecule has 1 saturated carbocycles. The summed E-state index contributed by atoms with van der Waals surface area (Å²) < 4.78 is 5.83. The van der Waals surface area contributed by atoms with Gasteiger partial charge in [0.1, 0.15) is 5.58 Å². The summed E-state index contributed by atoms with van der Waals surface area (Å²) in [7, 11) is 0. The standard InChI is InChI=1S/C20H26N2O3/c1-12-3-2-4-14-11-17(25-19(12)14)20(24)22-18(15-9-16(23)10-15)13-5-7-21-8-6-13/h2-4,11,13,15-16,18,21,23H,5-10H2,1H3,(H,22,24). The number of piperidine rings is 1. The van der Waals surface area contributed by atoms with Crippen molar-refractivity contribution in [2.75, 3.05) is 13.1 Å². The molecule has 1 atom stereocenters. The van der Waals surface area contributed by atoms with Gasteiger partial charge in [-0.25, -0.2) is 0 Å². The Bertz CT molecular complexity index is 757. The zero-order chi connectivity index (χ0) is 17.4. The number of amides is 1. The fourth-order valence-electron chi connectivity index (χ4n) is 4.29. The number of para-hydroxylation sites is 1. The van der Waals surface area contributed by atoms with Crippen LogP contribution in [0.4, 0.5) is 0 Å². The van der Waals surface area contributed by atoms with Crippen molar-refractivity contribution in [2.24, 2.45) is 11.8 Å². The van der Waals surface area contributed by atoms with Crippen molar-refractivity contribution >= 4 is 16.9 Å². The highest BCUT2D eigenvalue weighted by molar-refractivity contribution is 5.96. The fraction of sp³-hybridized carbons (Fsp3) is 0.550. The molecule has 1 aliphatic heterocycles. The van der Waals surface area contributed by atoms with Crippen LogP contribution in [-0.4, -0.2) is 36.2 Å². The number of nitrogens with one attached hydrogen (secondary N) is 2. The minimum Gasteiger partial charge on any atom is -0.451 e. The number of hydrogen-bond acceptors (Lipinski definition) is 4. The number of aryl methyl sites for hydroxylation is 1. The van der Waals surface area contributed by atoms with Crippen LogP contribution >= 0.6 is 0 Å². The average Bonchev–Trinajstić information content (AvgIpc) is 3.04. The molecule has 1 aromatic heterocycles. The smallest absolute Gasteiger partial charge is 0.287 e. The second-order valence-corrected chi connectivity index (χ2v) is 7.58. The normalized spacial score (nSPS) is 25.5. The molecule has 25 heavy (non-hydrogen) atoms. The van der Waals surface area contributed by atoms with Gasteiger partial charge in [0.2, 0.25) is 0 Å². The first-order valence-corrected chi connectivity index (χ1v) is 9.30. The Morgan fingerprint density at radius 2 is 2.04 bits per heavy atom. The van der Waals surface area contributed by atoms with Gasteiger partial charge in [-0.15, -0.1) is 0 Å². The number of rotatable bonds is 4. The molecule has 2 heterocycles. The molecule has 1 amide bonds. The molecule has 4 rings (SSSR count). The van der Waals surface area contributed by atoms with E-state index in [1.54, 1.807) is 0 Å². The van der Waals surface area contributed by atoms with E-state index in [1.165, 1.54) is 0 Å². The number of fused-ring (bicyclic) bond motifs is 1. The Kier molecular flexibility index (Phi) is 4.52. The summed E-state index contributed by atoms with van der Waals surface area (Å²) in [5, 5.41) is 17.3. The SMILES string of the molecule is Cc1cccc2cc(C(=O)NC(C3CCNCC3)C3CC(O)C3)oc12. The highest BCUT2D eigenvalue weighted by Gasteiger charge is 2.39. The monoisotopic (exact) mass is 342 g/mol. The van der Waals surface area contributed by atoms with Crippen LogP contribution in [0.1, 0.15) is 41.8 Å². The minimum absolute atomic E-state index is 0.118. The number of aliphatic hydroxyl groups is 1. The van der Waals surface area contributed by atoms with E-state index in [-0.39, 0.29) is 18.1 Å². The van der Waals surface area contributed by atoms with Crippen molar-refractivity contribution < 1.29 is 14.3 Å². The van der Waals surface area contributed by atoms with Crippen molar-refractivity contribution in [3.63, 3.8) is 0 Å². The van der Waals surface area contributed by atoms with E-state index in [9.17, 15) is 9.90 Å². The zero-order valence-electron chi connectivity index (χ0n) is 14.6. The van der Waals surface area contributed by atoms with Gasteiger partial charge in [0, 0.05) is 11.4 Å². The maximum atomic E-state index is 12.8. The van der Waals surface area contributed by atoms with Gasteiger partial charge < -0.3 is 20.2 Å². The second-order valence-electron chi connectivity index (χ2n) is 7.58. The van der Waals surface area contributed by atoms with Crippen molar-refractivity contribution in [3.05, 3.63) is 35.6 Å². The third kappa shape index (κ3) is 3.31. The summed E-state index contributed by atoms with van der Waals surface area (Å²) in [5.74, 6) is 1.07. The van der Waals surface area contributed by atoms with E-state index in [2.05, 4.69) is 10.6 Å². The van der Waals surface area contributed by atoms with Gasteiger partial charge in [-0.3, -0.25) is 4.79 Å². The Hall–Kier alpha value is -1.85. The molecule has 5 heteroatoms. The van der Waals surface area contributed by atoms with Gasteiger partial charge in [0.15, 0.2) is 5.76 Å². The molecule has 134 valence electrons. The quantitative estimate of drug-likeness (QED) is 0.798. The zero-order valence-corrected chi connectivity index (χ0v) is 14.6. The van der Waals surface area contributed by atoms with Crippen LogP contribution in [0.5, 0.6) is 0 Å². The van der Waals surface area contributed by atoms with Crippen LogP contribution in [0, 0.1) is 18.8 Å². The molecule has 1 saturated heterocycles. The number of furan rings is 1. The summed E-state index contributed by atoms with van der Waals surface area (Å²) in [4.78, 5) is 12.8. The molecule has 1 aromatic carbocycles. The van der Waals surface area contributed by atoms with Crippen LogP contribution < -0.4 is 10.6 Å². The summed E-state index contributed by atoms with van der Waals surface area (Å²) in [6.45, 7) is 3.98. The molecule has 2 aliphatic rings. The van der Waals surface area contributed by atoms with E-state index < -0.39 is 0 Å². The molecule has 1 aliphatic carbocycles. The van der Waals surface area contributed by atoms with Crippen molar-refractivity contribution in [2.45, 2.75) is 44.8 Å². The third-order valence-corrected chi connectivity index (χ3v) is 5.81. The van der Waals surface area contributed by atoms with Crippen LogP contribution in [0.15, 0.2) is 28.7 Å². The average molecular weight is 342 g/mol. The molecular weight excluding hydrogens is 316 g/mol. The molecule has 1 unspecified atom stereocenters. The van der Waals surface area contributed by atoms with Crippen LogP contribution in [0.2, 0.25) is 0 Å². The van der Waals surface area contributed by atoms with Crippen LogP contribution in [0.25, 0.3) is 11.0 Å². The molecule has 3 N–H and O–H groups in total. The number of carbonyl (C=O) groups excluding carboxylic acids is 1. The van der Waals surface area contributed by atoms with Gasteiger partial charge >= 0.3 is 0 Å². The van der Waals surface area contributed by atoms with Crippen molar-refractivity contribution in [3.8, 4) is 0 Å². The Morgan fingerprint density at radius 1 is 1.28 bits per heavy atom. The van der Waals surface area contributed by atoms with E-state index in [1.807, 2.05) is 31.2 Å². The highest BCUT2D eigenvalue weighted by atomic mass is 16.3. The molecule has 2 fully saturated rings. The first-order chi connectivity index (χ1) is 12.1. The van der Waals surface area contributed by atoms with Gasteiger partial charge in [0.25, 0.3) is 5.91 Å². The number of aliphatic hydroxyl groups excluding tert-OH is 1. The van der Waals surface area contributed by atoms with Gasteiger partial charge in [-0.2, -0.15) is 0 Å². The van der Waals surface area contributed by atoms with Crippen molar-refractivity contribution in [1.82, 2.24) is 10.6 Å². The Morgan fingerprint density at radius 3 is 2.72 bits per heavy atom. The van der Waals surface area contributed by atoms with Gasteiger partial charge in [0.05, 0.1) is 6.10 Å². The van der Waals surface area contributed by atoms with Crippen molar-refractivity contribution in [1.29, 1.82) is 0 Å². The third-order valence-electron chi connectivity index (χ3n) is 5.81. The largest absolute Gasteiger partial charge is 0.451 e. The summed E-state index contributed by atoms with van der Waals surface area (Å²) in [6, 6.07) is 7.87. The van der Waals surface area contributed by atoms with Gasteiger partial charge in [-0.1, -0.05) is 18.2 Å². The summed E-state index contributed by atoms with van der Waals surface area (Å²) >= 11 is 0. The van der Waals surface area contributed by atoms with E-state index >= 15 is 0 Å². The molecule has 0 spiro atoms. The first kappa shape index (κ1) is 16.6. The molecule has 5 nitrogen and oxygen atoms in total. The van der Waals surface area contributed by atoms with Crippen LogP contribution in [0.3, 0.4) is 0 Å². The topological polar surface area (TPSA) is 74.5 Å². The predicted octanol–water partition coefficient (Wildman–Crippen LogP) is 2.61. The lowest BCUT2D eigenvalue weighted by Gasteiger charge is -2.43. The lowest BCUT2D eigenvalue weighted by molar-refractivity contribution is 0.00891. The lowest BCUT2D eigenvalue weighted by atomic mass is 9.71. The molecular formula is C20H26N2O3. The number of hydrogen-bond donors (Lipinski definition) is 3. The maximum absolute atomic E-state index is 12.8. The van der Waals surface area contributed by atoms with E-state index in [4.69, 9.17) is 4.42 Å². The second kappa shape index (κ2) is 6.81. The van der Waals surface area contributed by atoms with Crippen LogP contribution in [-0.2, 0) is 0 Å². The van der Waals surface area contributed by atoms with E-state index in [0.29, 0.717) is 17.6 Å².